The molecule has 1 aromatic rings. The standard InChI is InChI=1S/C17H27N5O3/c1-20-14-6-10-22(17(24)18-7-11-25-2)12-13(14)15(19-20)16(23)21-8-4-3-5-9-21/h3-12H2,1-2H3,(H,18,24). The Morgan fingerprint density at radius 3 is 2.64 bits per heavy atom. The fraction of sp³-hybridized carbons (Fsp3) is 0.706. The summed E-state index contributed by atoms with van der Waals surface area (Å²) in [4.78, 5) is 28.8. The third-order valence-corrected chi connectivity index (χ3v) is 4.96. The Kier molecular flexibility index (Phi) is 5.57. The van der Waals surface area contributed by atoms with E-state index in [-0.39, 0.29) is 11.9 Å². The molecule has 1 fully saturated rings. The Hall–Kier alpha value is -2.09. The second-order valence-corrected chi connectivity index (χ2v) is 6.65. The van der Waals surface area contributed by atoms with Crippen molar-refractivity contribution in [1.82, 2.24) is 24.9 Å². The molecule has 0 spiro atoms. The van der Waals surface area contributed by atoms with E-state index in [0.29, 0.717) is 38.4 Å². The van der Waals surface area contributed by atoms with Gasteiger partial charge < -0.3 is 19.9 Å². The van der Waals surface area contributed by atoms with Gasteiger partial charge in [-0.2, -0.15) is 5.10 Å². The van der Waals surface area contributed by atoms with Crippen LogP contribution in [0.15, 0.2) is 0 Å². The molecule has 1 aromatic heterocycles. The molecule has 0 bridgehead atoms. The zero-order valence-electron chi connectivity index (χ0n) is 15.1. The topological polar surface area (TPSA) is 79.7 Å². The normalized spacial score (nSPS) is 17.4. The largest absolute Gasteiger partial charge is 0.383 e. The first-order valence-electron chi connectivity index (χ1n) is 8.97. The van der Waals surface area contributed by atoms with Crippen LogP contribution in [0.4, 0.5) is 4.79 Å². The summed E-state index contributed by atoms with van der Waals surface area (Å²) >= 11 is 0. The molecule has 0 aromatic carbocycles. The summed E-state index contributed by atoms with van der Waals surface area (Å²) in [5, 5.41) is 7.33. The summed E-state index contributed by atoms with van der Waals surface area (Å²) in [5.74, 6) is -0.00167. The van der Waals surface area contributed by atoms with E-state index < -0.39 is 0 Å². The highest BCUT2D eigenvalue weighted by Gasteiger charge is 2.31. The number of ether oxygens (including phenoxy) is 1. The second kappa shape index (κ2) is 7.86. The first-order valence-corrected chi connectivity index (χ1v) is 8.97. The van der Waals surface area contributed by atoms with Gasteiger partial charge in [-0.15, -0.1) is 0 Å². The zero-order valence-corrected chi connectivity index (χ0v) is 15.1. The van der Waals surface area contributed by atoms with Gasteiger partial charge in [-0.25, -0.2) is 4.79 Å². The molecule has 0 saturated carbocycles. The van der Waals surface area contributed by atoms with Crippen LogP contribution in [0.3, 0.4) is 0 Å². The van der Waals surface area contributed by atoms with Crippen LogP contribution in [0.2, 0.25) is 0 Å². The minimum absolute atomic E-state index is 0.00167. The fourth-order valence-corrected chi connectivity index (χ4v) is 3.56. The minimum Gasteiger partial charge on any atom is -0.383 e. The van der Waals surface area contributed by atoms with Crippen molar-refractivity contribution in [2.45, 2.75) is 32.2 Å². The van der Waals surface area contributed by atoms with Crippen LogP contribution in [0.5, 0.6) is 0 Å². The van der Waals surface area contributed by atoms with Gasteiger partial charge in [0.25, 0.3) is 5.91 Å². The van der Waals surface area contributed by atoms with Crippen LogP contribution < -0.4 is 5.32 Å². The third-order valence-electron chi connectivity index (χ3n) is 4.96. The van der Waals surface area contributed by atoms with Gasteiger partial charge >= 0.3 is 6.03 Å². The van der Waals surface area contributed by atoms with E-state index in [1.165, 1.54) is 6.42 Å². The molecule has 3 amide bonds. The molecular formula is C17H27N5O3. The maximum atomic E-state index is 12.9. The first-order chi connectivity index (χ1) is 12.1. The average Bonchev–Trinajstić information content (AvgIpc) is 2.98. The molecule has 0 radical (unpaired) electrons. The lowest BCUT2D eigenvalue weighted by atomic mass is 10.0. The molecule has 0 aliphatic carbocycles. The van der Waals surface area contributed by atoms with Gasteiger partial charge in [-0.3, -0.25) is 9.48 Å². The average molecular weight is 349 g/mol. The van der Waals surface area contributed by atoms with Crippen LogP contribution >= 0.6 is 0 Å². The fourth-order valence-electron chi connectivity index (χ4n) is 3.56. The minimum atomic E-state index is -0.122. The number of hydrogen-bond donors (Lipinski definition) is 1. The Morgan fingerprint density at radius 2 is 1.92 bits per heavy atom. The lowest BCUT2D eigenvalue weighted by Crippen LogP contribution is -2.44. The van der Waals surface area contributed by atoms with Crippen LogP contribution in [0.1, 0.15) is 41.0 Å². The van der Waals surface area contributed by atoms with Crippen molar-refractivity contribution >= 4 is 11.9 Å². The summed E-state index contributed by atoms with van der Waals surface area (Å²) in [5.41, 5.74) is 2.46. The van der Waals surface area contributed by atoms with Crippen LogP contribution in [0, 0.1) is 0 Å². The van der Waals surface area contributed by atoms with Gasteiger partial charge in [0.1, 0.15) is 0 Å². The molecule has 25 heavy (non-hydrogen) atoms. The molecule has 3 rings (SSSR count). The van der Waals surface area contributed by atoms with Crippen molar-refractivity contribution < 1.29 is 14.3 Å². The van der Waals surface area contributed by atoms with Gasteiger partial charge in [0, 0.05) is 58.0 Å². The maximum absolute atomic E-state index is 12.9. The summed E-state index contributed by atoms with van der Waals surface area (Å²) in [6.45, 7) is 3.61. The number of rotatable bonds is 4. The molecule has 0 unspecified atom stereocenters. The lowest BCUT2D eigenvalue weighted by molar-refractivity contribution is 0.0715. The smallest absolute Gasteiger partial charge is 0.317 e. The predicted octanol–water partition coefficient (Wildman–Crippen LogP) is 0.760. The van der Waals surface area contributed by atoms with Gasteiger partial charge in [0.2, 0.25) is 0 Å². The number of carbonyl (C=O) groups excluding carboxylic acids is 2. The molecule has 138 valence electrons. The van der Waals surface area contributed by atoms with E-state index in [4.69, 9.17) is 4.74 Å². The number of aromatic nitrogens is 2. The molecule has 8 heteroatoms. The van der Waals surface area contributed by atoms with Crippen LogP contribution in [0.25, 0.3) is 0 Å². The van der Waals surface area contributed by atoms with E-state index in [1.54, 1.807) is 16.7 Å². The summed E-state index contributed by atoms with van der Waals surface area (Å²) in [6, 6.07) is -0.122. The molecule has 8 nitrogen and oxygen atoms in total. The van der Waals surface area contributed by atoms with Crippen molar-refractivity contribution in [2.75, 3.05) is 39.9 Å². The monoisotopic (exact) mass is 349 g/mol. The first kappa shape index (κ1) is 17.7. The van der Waals surface area contributed by atoms with Crippen LogP contribution in [-0.4, -0.2) is 71.4 Å². The molecule has 3 heterocycles. The second-order valence-electron chi connectivity index (χ2n) is 6.65. The molecule has 1 N–H and O–H groups in total. The number of hydrogen-bond acceptors (Lipinski definition) is 4. The number of nitrogens with one attached hydrogen (secondary N) is 1. The number of fused-ring (bicyclic) bond motifs is 1. The predicted molar refractivity (Wildman–Crippen MR) is 92.4 cm³/mol. The van der Waals surface area contributed by atoms with Crippen LogP contribution in [-0.2, 0) is 24.8 Å². The van der Waals surface area contributed by atoms with E-state index in [1.807, 2.05) is 11.9 Å². The molecule has 1 saturated heterocycles. The number of carbonyl (C=O) groups is 2. The van der Waals surface area contributed by atoms with Crippen molar-refractivity contribution in [3.8, 4) is 0 Å². The molecule has 2 aliphatic rings. The van der Waals surface area contributed by atoms with Gasteiger partial charge in [0.05, 0.1) is 13.2 Å². The maximum Gasteiger partial charge on any atom is 0.317 e. The van der Waals surface area contributed by atoms with Crippen molar-refractivity contribution in [3.05, 3.63) is 17.0 Å². The number of nitrogens with zero attached hydrogens (tertiary/aromatic N) is 4. The van der Waals surface area contributed by atoms with E-state index in [9.17, 15) is 9.59 Å². The Labute approximate surface area is 148 Å². The number of likely N-dealkylation sites (tertiary alicyclic amines) is 1. The van der Waals surface area contributed by atoms with E-state index in [0.717, 1.165) is 37.2 Å². The lowest BCUT2D eigenvalue weighted by Gasteiger charge is -2.29. The number of piperidine rings is 1. The van der Waals surface area contributed by atoms with Gasteiger partial charge in [0.15, 0.2) is 5.69 Å². The number of aryl methyl sites for hydroxylation is 1. The SMILES string of the molecule is COCCNC(=O)N1CCc2c(c(C(=O)N3CCCCC3)nn2C)C1. The van der Waals surface area contributed by atoms with E-state index in [2.05, 4.69) is 10.4 Å². The number of amides is 3. The summed E-state index contributed by atoms with van der Waals surface area (Å²) in [7, 11) is 3.48. The van der Waals surface area contributed by atoms with E-state index >= 15 is 0 Å². The third kappa shape index (κ3) is 3.78. The highest BCUT2D eigenvalue weighted by Crippen LogP contribution is 2.24. The number of urea groups is 1. The molecule has 0 atom stereocenters. The molecule has 2 aliphatic heterocycles. The van der Waals surface area contributed by atoms with Crippen molar-refractivity contribution in [2.24, 2.45) is 7.05 Å². The van der Waals surface area contributed by atoms with Crippen molar-refractivity contribution in [1.29, 1.82) is 0 Å². The quantitative estimate of drug-likeness (QED) is 0.814. The molecular weight excluding hydrogens is 322 g/mol. The highest BCUT2D eigenvalue weighted by atomic mass is 16.5. The van der Waals surface area contributed by atoms with Gasteiger partial charge in [-0.1, -0.05) is 0 Å². The Morgan fingerprint density at radius 1 is 1.16 bits per heavy atom. The Bertz CT molecular complexity index is 636. The summed E-state index contributed by atoms with van der Waals surface area (Å²) < 4.78 is 6.76. The summed E-state index contributed by atoms with van der Waals surface area (Å²) in [6.07, 6.45) is 3.99. The van der Waals surface area contributed by atoms with Gasteiger partial charge in [-0.05, 0) is 19.3 Å². The Balaban J connectivity index is 1.74. The zero-order chi connectivity index (χ0) is 17.8. The highest BCUT2D eigenvalue weighted by molar-refractivity contribution is 5.94. The number of methoxy groups -OCH3 is 1. The van der Waals surface area contributed by atoms with Crippen molar-refractivity contribution in [3.63, 3.8) is 0 Å².